The lowest BCUT2D eigenvalue weighted by Crippen LogP contribution is -1.88. The largest absolute Gasteiger partial charge is 0.398 e. The summed E-state index contributed by atoms with van der Waals surface area (Å²) in [6.45, 7) is 0. The number of nitrogens with zero attached hydrogens (tertiary/aromatic N) is 1. The highest BCUT2D eigenvalue weighted by atomic mass is 32.2. The predicted octanol–water partition coefficient (Wildman–Crippen LogP) is 4.03. The number of hydrogen-bond acceptors (Lipinski definition) is 4. The van der Waals surface area contributed by atoms with Gasteiger partial charge in [-0.1, -0.05) is 17.8 Å². The van der Waals surface area contributed by atoms with Crippen molar-refractivity contribution in [3.63, 3.8) is 0 Å². The Morgan fingerprint density at radius 2 is 2.06 bits per heavy atom. The van der Waals surface area contributed by atoms with Gasteiger partial charge in [-0.2, -0.15) is 0 Å². The molecule has 0 bridgehead atoms. The topological polar surface area (TPSA) is 38.9 Å². The van der Waals surface area contributed by atoms with Crippen molar-refractivity contribution in [3.8, 4) is 0 Å². The first kappa shape index (κ1) is 10.6. The van der Waals surface area contributed by atoms with Crippen molar-refractivity contribution in [3.05, 3.63) is 48.1 Å². The minimum absolute atomic E-state index is 0.781. The van der Waals surface area contributed by atoms with E-state index in [0.29, 0.717) is 0 Å². The molecule has 0 saturated carbocycles. The van der Waals surface area contributed by atoms with Crippen molar-refractivity contribution in [1.82, 2.24) is 4.98 Å². The Balaban J connectivity index is 2.14. The lowest BCUT2D eigenvalue weighted by atomic mass is 10.1. The SMILES string of the molecule is Nc1ccc(Sc2cccs2)c2ccncc12. The molecule has 0 radical (unpaired) electrons. The van der Waals surface area contributed by atoms with Crippen molar-refractivity contribution in [2.24, 2.45) is 0 Å². The van der Waals surface area contributed by atoms with Gasteiger partial charge in [0, 0.05) is 33.7 Å². The lowest BCUT2D eigenvalue weighted by Gasteiger charge is -2.06. The molecule has 0 aliphatic heterocycles. The third-order valence-corrected chi connectivity index (χ3v) is 4.63. The third-order valence-electron chi connectivity index (χ3n) is 2.52. The molecular weight excluding hydrogens is 248 g/mol. The summed E-state index contributed by atoms with van der Waals surface area (Å²) >= 11 is 3.51. The van der Waals surface area contributed by atoms with Crippen molar-refractivity contribution in [2.45, 2.75) is 9.10 Å². The molecule has 2 heterocycles. The molecule has 2 N–H and O–H groups in total. The molecule has 0 saturated heterocycles. The van der Waals surface area contributed by atoms with Crippen LogP contribution in [-0.4, -0.2) is 4.98 Å². The second-order valence-corrected chi connectivity index (χ2v) is 5.90. The molecule has 0 atom stereocenters. The smallest absolute Gasteiger partial charge is 0.0646 e. The van der Waals surface area contributed by atoms with Crippen molar-refractivity contribution < 1.29 is 0 Å². The van der Waals surface area contributed by atoms with E-state index in [9.17, 15) is 0 Å². The van der Waals surface area contributed by atoms with Gasteiger partial charge in [-0.15, -0.1) is 11.3 Å². The molecule has 17 heavy (non-hydrogen) atoms. The van der Waals surface area contributed by atoms with Crippen LogP contribution in [0.15, 0.2) is 57.2 Å². The fourth-order valence-electron chi connectivity index (χ4n) is 1.70. The first-order chi connectivity index (χ1) is 8.34. The second-order valence-electron chi connectivity index (χ2n) is 3.61. The van der Waals surface area contributed by atoms with Crippen molar-refractivity contribution in [2.75, 3.05) is 5.73 Å². The molecule has 0 spiro atoms. The standard InChI is InChI=1S/C13H10N2S2/c14-11-3-4-12(17-13-2-1-7-16-13)9-5-6-15-8-10(9)11/h1-8H,14H2. The fourth-order valence-corrected chi connectivity index (χ4v) is 3.57. The zero-order valence-electron chi connectivity index (χ0n) is 8.96. The van der Waals surface area contributed by atoms with Crippen LogP contribution in [0.2, 0.25) is 0 Å². The minimum Gasteiger partial charge on any atom is -0.398 e. The molecule has 1 aromatic carbocycles. The number of benzene rings is 1. The number of anilines is 1. The predicted molar refractivity (Wildman–Crippen MR) is 74.6 cm³/mol. The van der Waals surface area contributed by atoms with Gasteiger partial charge >= 0.3 is 0 Å². The number of nitrogens with two attached hydrogens (primary N) is 1. The van der Waals surface area contributed by atoms with E-state index in [1.807, 2.05) is 18.3 Å². The van der Waals surface area contributed by atoms with Crippen LogP contribution in [0.25, 0.3) is 10.8 Å². The van der Waals surface area contributed by atoms with Crippen LogP contribution in [0.5, 0.6) is 0 Å². The monoisotopic (exact) mass is 258 g/mol. The number of aromatic nitrogens is 1. The molecule has 0 amide bonds. The van der Waals surface area contributed by atoms with E-state index >= 15 is 0 Å². The Labute approximate surface area is 107 Å². The van der Waals surface area contributed by atoms with Gasteiger partial charge in [0.2, 0.25) is 0 Å². The Morgan fingerprint density at radius 1 is 1.12 bits per heavy atom. The molecular formula is C13H10N2S2. The van der Waals surface area contributed by atoms with E-state index < -0.39 is 0 Å². The molecule has 0 aliphatic carbocycles. The van der Waals surface area contributed by atoms with E-state index in [1.54, 1.807) is 29.3 Å². The maximum absolute atomic E-state index is 5.95. The molecule has 2 aromatic heterocycles. The Hall–Kier alpha value is -1.52. The van der Waals surface area contributed by atoms with Crippen LogP contribution in [0, 0.1) is 0 Å². The molecule has 0 fully saturated rings. The molecule has 3 aromatic rings. The molecule has 2 nitrogen and oxygen atoms in total. The summed E-state index contributed by atoms with van der Waals surface area (Å²) in [5.74, 6) is 0. The van der Waals surface area contributed by atoms with E-state index in [0.717, 1.165) is 11.1 Å². The molecule has 3 rings (SSSR count). The quantitative estimate of drug-likeness (QED) is 0.705. The summed E-state index contributed by atoms with van der Waals surface area (Å²) in [6, 6.07) is 10.2. The summed E-state index contributed by atoms with van der Waals surface area (Å²) in [5, 5.41) is 4.27. The molecule has 0 unspecified atom stereocenters. The molecule has 4 heteroatoms. The van der Waals surface area contributed by atoms with Gasteiger partial charge < -0.3 is 5.73 Å². The zero-order valence-corrected chi connectivity index (χ0v) is 10.6. The normalized spacial score (nSPS) is 10.8. The van der Waals surface area contributed by atoms with Crippen molar-refractivity contribution in [1.29, 1.82) is 0 Å². The number of pyridine rings is 1. The van der Waals surface area contributed by atoms with Gasteiger partial charge in [-0.3, -0.25) is 4.98 Å². The highest BCUT2D eigenvalue weighted by Gasteiger charge is 2.06. The van der Waals surface area contributed by atoms with Gasteiger partial charge in [0.15, 0.2) is 0 Å². The summed E-state index contributed by atoms with van der Waals surface area (Å²) in [7, 11) is 0. The van der Waals surface area contributed by atoms with Crippen molar-refractivity contribution >= 4 is 39.6 Å². The maximum atomic E-state index is 5.95. The lowest BCUT2D eigenvalue weighted by molar-refractivity contribution is 1.35. The maximum Gasteiger partial charge on any atom is 0.0646 e. The minimum atomic E-state index is 0.781. The first-order valence-electron chi connectivity index (χ1n) is 5.18. The number of hydrogen-bond donors (Lipinski definition) is 1. The number of rotatable bonds is 2. The molecule has 84 valence electrons. The van der Waals surface area contributed by atoms with E-state index in [2.05, 4.69) is 28.6 Å². The Morgan fingerprint density at radius 3 is 2.88 bits per heavy atom. The summed E-state index contributed by atoms with van der Waals surface area (Å²) in [4.78, 5) is 5.35. The average Bonchev–Trinajstić information content (AvgIpc) is 2.86. The average molecular weight is 258 g/mol. The van der Waals surface area contributed by atoms with Crippen LogP contribution < -0.4 is 5.73 Å². The van der Waals surface area contributed by atoms with Crippen LogP contribution in [-0.2, 0) is 0 Å². The second kappa shape index (κ2) is 4.39. The highest BCUT2D eigenvalue weighted by Crippen LogP contribution is 2.37. The Bertz CT molecular complexity index is 648. The fraction of sp³-hybridized carbons (Fsp3) is 0. The third kappa shape index (κ3) is 2.01. The van der Waals surface area contributed by atoms with Gasteiger partial charge in [0.05, 0.1) is 4.21 Å². The summed E-state index contributed by atoms with van der Waals surface area (Å²) in [6.07, 6.45) is 3.63. The zero-order chi connectivity index (χ0) is 11.7. The Kier molecular flexibility index (Phi) is 2.74. The number of fused-ring (bicyclic) bond motifs is 1. The van der Waals surface area contributed by atoms with Gasteiger partial charge in [-0.25, -0.2) is 0 Å². The van der Waals surface area contributed by atoms with Gasteiger partial charge in [-0.05, 0) is 29.6 Å². The first-order valence-corrected chi connectivity index (χ1v) is 6.88. The number of thiophene rings is 1. The van der Waals surface area contributed by atoms with Gasteiger partial charge in [0.25, 0.3) is 0 Å². The van der Waals surface area contributed by atoms with Crippen LogP contribution in [0.1, 0.15) is 0 Å². The van der Waals surface area contributed by atoms with E-state index in [4.69, 9.17) is 5.73 Å². The number of nitrogen functional groups attached to an aromatic ring is 1. The van der Waals surface area contributed by atoms with E-state index in [1.165, 1.54) is 14.5 Å². The van der Waals surface area contributed by atoms with Crippen LogP contribution in [0.3, 0.4) is 0 Å². The summed E-state index contributed by atoms with van der Waals surface area (Å²) in [5.41, 5.74) is 6.73. The van der Waals surface area contributed by atoms with Crippen LogP contribution in [0.4, 0.5) is 5.69 Å². The molecule has 0 aliphatic rings. The highest BCUT2D eigenvalue weighted by molar-refractivity contribution is 8.01. The van der Waals surface area contributed by atoms with Crippen LogP contribution >= 0.6 is 23.1 Å². The van der Waals surface area contributed by atoms with Gasteiger partial charge in [0.1, 0.15) is 0 Å². The summed E-state index contributed by atoms with van der Waals surface area (Å²) < 4.78 is 1.29. The van der Waals surface area contributed by atoms with E-state index in [-0.39, 0.29) is 0 Å².